The first-order chi connectivity index (χ1) is 16.6. The van der Waals surface area contributed by atoms with Crippen LogP contribution in [0.4, 0.5) is 5.69 Å². The number of nitrogens with one attached hydrogen (secondary N) is 1. The Labute approximate surface area is 207 Å². The van der Waals surface area contributed by atoms with Crippen molar-refractivity contribution >= 4 is 27.5 Å². The fourth-order valence-electron chi connectivity index (χ4n) is 3.92. The van der Waals surface area contributed by atoms with Gasteiger partial charge in [0.05, 0.1) is 11.9 Å². The van der Waals surface area contributed by atoms with Crippen molar-refractivity contribution in [2.75, 3.05) is 30.4 Å². The van der Waals surface area contributed by atoms with Crippen molar-refractivity contribution in [2.45, 2.75) is 46.2 Å². The number of sulfonamides is 1. The molecule has 1 heterocycles. The summed E-state index contributed by atoms with van der Waals surface area (Å²) in [6.45, 7) is 6.45. The molecular weight excluding hydrogens is 470 g/mol. The van der Waals surface area contributed by atoms with Gasteiger partial charge in [-0.3, -0.25) is 13.9 Å². The van der Waals surface area contributed by atoms with E-state index in [-0.39, 0.29) is 38.0 Å². The minimum absolute atomic E-state index is 0.0895. The molecular formula is C25H33N3O6S. The number of rotatable bonds is 11. The van der Waals surface area contributed by atoms with Gasteiger partial charge in [0, 0.05) is 32.1 Å². The molecule has 3 rings (SSSR count). The van der Waals surface area contributed by atoms with Crippen molar-refractivity contribution in [3.05, 3.63) is 53.6 Å². The average molecular weight is 504 g/mol. The molecule has 0 spiro atoms. The molecule has 1 unspecified atom stereocenters. The number of aryl methyl sites for hydroxylation is 1. The van der Waals surface area contributed by atoms with Gasteiger partial charge in [0.25, 0.3) is 0 Å². The lowest BCUT2D eigenvalue weighted by atomic mass is 10.1. The Morgan fingerprint density at radius 1 is 1.11 bits per heavy atom. The van der Waals surface area contributed by atoms with Crippen LogP contribution in [0.25, 0.3) is 0 Å². The SMILES string of the molecule is CCNC(=O)C(C)N(Cc1ccccc1C)C(=O)CCCN(c1ccc2c(c1)OCO2)S(C)(=O)=O. The summed E-state index contributed by atoms with van der Waals surface area (Å²) in [4.78, 5) is 27.4. The molecule has 1 aliphatic heterocycles. The van der Waals surface area contributed by atoms with Crippen LogP contribution >= 0.6 is 0 Å². The number of carbonyl (C=O) groups excluding carboxylic acids is 2. The molecule has 1 N–H and O–H groups in total. The third-order valence-electron chi connectivity index (χ3n) is 5.92. The standard InChI is InChI=1S/C25H33N3O6S/c1-5-26-25(30)19(3)27(16-20-10-7-6-9-18(20)2)24(29)11-8-14-28(35(4,31)32)21-12-13-22-23(15-21)34-17-33-22/h6-7,9-10,12-13,15,19H,5,8,11,14,16-17H2,1-4H3,(H,26,30). The van der Waals surface area contributed by atoms with Crippen LogP contribution in [0.2, 0.25) is 0 Å². The van der Waals surface area contributed by atoms with Crippen LogP contribution in [-0.4, -0.2) is 57.3 Å². The van der Waals surface area contributed by atoms with Crippen LogP contribution in [0.15, 0.2) is 42.5 Å². The van der Waals surface area contributed by atoms with E-state index in [0.717, 1.165) is 17.4 Å². The third kappa shape index (κ3) is 6.66. The number of ether oxygens (including phenoxy) is 2. The summed E-state index contributed by atoms with van der Waals surface area (Å²) in [6, 6.07) is 12.0. The number of hydrogen-bond acceptors (Lipinski definition) is 6. The minimum Gasteiger partial charge on any atom is -0.454 e. The highest BCUT2D eigenvalue weighted by atomic mass is 32.2. The number of fused-ring (bicyclic) bond motifs is 1. The maximum atomic E-state index is 13.3. The van der Waals surface area contributed by atoms with E-state index in [4.69, 9.17) is 9.47 Å². The smallest absolute Gasteiger partial charge is 0.242 e. The highest BCUT2D eigenvalue weighted by molar-refractivity contribution is 7.92. The van der Waals surface area contributed by atoms with Crippen LogP contribution in [-0.2, 0) is 26.2 Å². The van der Waals surface area contributed by atoms with Gasteiger partial charge < -0.3 is 19.7 Å². The number of anilines is 1. The molecule has 2 aromatic rings. The normalized spacial score (nSPS) is 13.3. The molecule has 0 fully saturated rings. The quantitative estimate of drug-likeness (QED) is 0.506. The zero-order valence-electron chi connectivity index (χ0n) is 20.6. The maximum absolute atomic E-state index is 13.3. The Balaban J connectivity index is 1.73. The van der Waals surface area contributed by atoms with Gasteiger partial charge in [0.2, 0.25) is 28.6 Å². The van der Waals surface area contributed by atoms with Crippen molar-refractivity contribution in [3.63, 3.8) is 0 Å². The largest absolute Gasteiger partial charge is 0.454 e. The molecule has 0 bridgehead atoms. The first kappa shape index (κ1) is 26.3. The Kier molecular flexibility index (Phi) is 8.61. The van der Waals surface area contributed by atoms with Gasteiger partial charge in [-0.2, -0.15) is 0 Å². The fraction of sp³-hybridized carbons (Fsp3) is 0.440. The van der Waals surface area contributed by atoms with Crippen LogP contribution < -0.4 is 19.1 Å². The Morgan fingerprint density at radius 3 is 2.51 bits per heavy atom. The van der Waals surface area contributed by atoms with E-state index in [2.05, 4.69) is 5.32 Å². The summed E-state index contributed by atoms with van der Waals surface area (Å²) >= 11 is 0. The summed E-state index contributed by atoms with van der Waals surface area (Å²) < 4.78 is 36.9. The minimum atomic E-state index is -3.60. The van der Waals surface area contributed by atoms with Gasteiger partial charge in [-0.25, -0.2) is 8.42 Å². The summed E-state index contributed by atoms with van der Waals surface area (Å²) in [5.74, 6) is 0.592. The van der Waals surface area contributed by atoms with Crippen molar-refractivity contribution in [1.82, 2.24) is 10.2 Å². The zero-order valence-corrected chi connectivity index (χ0v) is 21.4. The van der Waals surface area contributed by atoms with Crippen LogP contribution in [0.1, 0.15) is 37.8 Å². The second-order valence-corrected chi connectivity index (χ2v) is 10.4. The predicted molar refractivity (Wildman–Crippen MR) is 134 cm³/mol. The van der Waals surface area contributed by atoms with Gasteiger partial charge >= 0.3 is 0 Å². The molecule has 0 saturated heterocycles. The third-order valence-corrected chi connectivity index (χ3v) is 7.11. The number of hydrogen-bond donors (Lipinski definition) is 1. The van der Waals surface area contributed by atoms with Gasteiger partial charge in [-0.1, -0.05) is 24.3 Å². The number of nitrogens with zero attached hydrogens (tertiary/aromatic N) is 2. The molecule has 9 nitrogen and oxygen atoms in total. The lowest BCUT2D eigenvalue weighted by Gasteiger charge is -2.30. The lowest BCUT2D eigenvalue weighted by Crippen LogP contribution is -2.47. The zero-order chi connectivity index (χ0) is 25.6. The van der Waals surface area contributed by atoms with Crippen molar-refractivity contribution in [3.8, 4) is 11.5 Å². The summed E-state index contributed by atoms with van der Waals surface area (Å²) in [6.07, 6.45) is 1.50. The Morgan fingerprint density at radius 2 is 1.83 bits per heavy atom. The number of benzene rings is 2. The predicted octanol–water partition coefficient (Wildman–Crippen LogP) is 2.82. The molecule has 2 aromatic carbocycles. The van der Waals surface area contributed by atoms with E-state index in [0.29, 0.717) is 30.3 Å². The number of carbonyl (C=O) groups is 2. The second-order valence-electron chi connectivity index (χ2n) is 8.49. The van der Waals surface area contributed by atoms with Gasteiger partial charge in [0.15, 0.2) is 11.5 Å². The highest BCUT2D eigenvalue weighted by Gasteiger charge is 2.27. The number of likely N-dealkylation sites (N-methyl/N-ethyl adjacent to an activating group) is 1. The first-order valence-corrected chi connectivity index (χ1v) is 13.5. The molecule has 1 atom stereocenters. The van der Waals surface area contributed by atoms with E-state index in [1.54, 1.807) is 30.0 Å². The lowest BCUT2D eigenvalue weighted by molar-refractivity contribution is -0.140. The second kappa shape index (κ2) is 11.4. The van der Waals surface area contributed by atoms with Gasteiger partial charge in [-0.05, 0) is 50.5 Å². The van der Waals surface area contributed by atoms with E-state index in [1.807, 2.05) is 38.1 Å². The van der Waals surface area contributed by atoms with Gasteiger partial charge in [-0.15, -0.1) is 0 Å². The Bertz CT molecular complexity index is 1170. The summed E-state index contributed by atoms with van der Waals surface area (Å²) in [5, 5.41) is 2.77. The highest BCUT2D eigenvalue weighted by Crippen LogP contribution is 2.36. The van der Waals surface area contributed by atoms with E-state index in [9.17, 15) is 18.0 Å². The van der Waals surface area contributed by atoms with Crippen molar-refractivity contribution < 1.29 is 27.5 Å². The topological polar surface area (TPSA) is 105 Å². The van der Waals surface area contributed by atoms with Crippen molar-refractivity contribution in [1.29, 1.82) is 0 Å². The monoisotopic (exact) mass is 503 g/mol. The average Bonchev–Trinajstić information content (AvgIpc) is 3.28. The molecule has 0 saturated carbocycles. The molecule has 190 valence electrons. The maximum Gasteiger partial charge on any atom is 0.242 e. The fourth-order valence-corrected chi connectivity index (χ4v) is 4.88. The molecule has 2 amide bonds. The van der Waals surface area contributed by atoms with E-state index in [1.165, 1.54) is 4.31 Å². The molecule has 1 aliphatic rings. The van der Waals surface area contributed by atoms with E-state index < -0.39 is 16.1 Å². The van der Waals surface area contributed by atoms with Crippen LogP contribution in [0.5, 0.6) is 11.5 Å². The van der Waals surface area contributed by atoms with Gasteiger partial charge in [0.1, 0.15) is 6.04 Å². The molecule has 0 aliphatic carbocycles. The van der Waals surface area contributed by atoms with Crippen LogP contribution in [0, 0.1) is 6.92 Å². The summed E-state index contributed by atoms with van der Waals surface area (Å²) in [5.41, 5.74) is 2.42. The molecule has 0 aromatic heterocycles. The Hall–Kier alpha value is -3.27. The van der Waals surface area contributed by atoms with Crippen LogP contribution in [0.3, 0.4) is 0 Å². The molecule has 10 heteroatoms. The summed E-state index contributed by atoms with van der Waals surface area (Å²) in [7, 11) is -3.60. The van der Waals surface area contributed by atoms with Crippen molar-refractivity contribution in [2.24, 2.45) is 0 Å². The van der Waals surface area contributed by atoms with E-state index >= 15 is 0 Å². The first-order valence-electron chi connectivity index (χ1n) is 11.6. The molecule has 0 radical (unpaired) electrons. The number of amides is 2. The molecule has 35 heavy (non-hydrogen) atoms.